The summed E-state index contributed by atoms with van der Waals surface area (Å²) in [5.74, 6) is -5.94. The van der Waals surface area contributed by atoms with Crippen LogP contribution in [-0.4, -0.2) is 157 Å². The van der Waals surface area contributed by atoms with Crippen molar-refractivity contribution in [3.8, 4) is 23.0 Å². The molecule has 7 rings (SSSR count). The molecule has 1 fully saturated rings. The third kappa shape index (κ3) is 9.62. The van der Waals surface area contributed by atoms with Crippen LogP contribution in [0.1, 0.15) is 12.6 Å². The number of carboxylic acid groups (broad SMARTS) is 1. The van der Waals surface area contributed by atoms with E-state index in [1.165, 1.54) is 40.1 Å². The van der Waals surface area contributed by atoms with E-state index in [1.54, 1.807) is 18.0 Å². The van der Waals surface area contributed by atoms with Gasteiger partial charge in [0.1, 0.15) is 22.8 Å². The van der Waals surface area contributed by atoms with Crippen molar-refractivity contribution >= 4 is 119 Å². The van der Waals surface area contributed by atoms with Crippen LogP contribution in [0.3, 0.4) is 0 Å². The summed E-state index contributed by atoms with van der Waals surface area (Å²) >= 11 is 3.35. The molecule has 0 spiro atoms. The number of phenols is 4. The van der Waals surface area contributed by atoms with E-state index in [4.69, 9.17) is 10.6 Å². The summed E-state index contributed by atoms with van der Waals surface area (Å²) in [6, 6.07) is 4.62. The van der Waals surface area contributed by atoms with E-state index in [2.05, 4.69) is 30.7 Å². The van der Waals surface area contributed by atoms with Crippen LogP contribution in [0.4, 0.5) is 5.13 Å². The number of sulfonamides is 1. The number of carboxylic acids is 1. The molecule has 0 saturated carbocycles. The number of hydrogen-bond donors (Lipinski definition) is 9. The maximum absolute atomic E-state index is 13.6. The molecule has 324 valence electrons. The number of aliphatic imine (C=N–C) groups is 1. The Bertz CT molecular complexity index is 2740. The third-order valence-electron chi connectivity index (χ3n) is 8.83. The molecule has 0 aliphatic carbocycles. The van der Waals surface area contributed by atoms with Gasteiger partial charge in [-0.3, -0.25) is 19.5 Å². The summed E-state index contributed by atoms with van der Waals surface area (Å²) in [7, 11) is -8.37. The first-order valence-corrected chi connectivity index (χ1v) is 23.2. The van der Waals surface area contributed by atoms with E-state index >= 15 is 0 Å². The molecule has 2 atom stereocenters. The van der Waals surface area contributed by atoms with E-state index in [-0.39, 0.29) is 69.1 Å². The Kier molecular flexibility index (Phi) is 13.8. The van der Waals surface area contributed by atoms with Crippen molar-refractivity contribution in [1.82, 2.24) is 35.5 Å². The van der Waals surface area contributed by atoms with Crippen LogP contribution in [0.2, 0.25) is 0 Å². The molecule has 2 aromatic carbocycles. The number of nitrogens with zero attached hydrogens (tertiary/aromatic N) is 6. The van der Waals surface area contributed by atoms with Gasteiger partial charge in [-0.15, -0.1) is 40.4 Å². The average molecular weight is 961 g/mol. The van der Waals surface area contributed by atoms with Crippen LogP contribution in [0, 0.1) is 0 Å². The Hall–Kier alpha value is -5.04. The molecule has 1 aromatic heterocycles. The molecule has 10 N–H and O–H groups in total. The van der Waals surface area contributed by atoms with E-state index < -0.39 is 88.6 Å². The van der Waals surface area contributed by atoms with Gasteiger partial charge >= 0.3 is 35.5 Å². The standard InChI is InChI=1S/C33H32N10O13S5.Na.H/c1-15-6-25(43-24(36-15)9-41(40-43)13-35-61(54,55)18-3-5-21(45)23(47)8-18)57-10-16-11-58-31-27(30(49)42(31)28(16)32(50)51)38-29(48)26(19-12-59-33(34)37-19)39-56-14-60(52,53)17-2-4-20(44)22(46)7-17;;/h2-9,12,27,31,35,40,44-47H,10-11,13-14H2,1H3,(H2,34,37)(H,38,48)(H,50,51);;/t27-,31-;;/m1../s1. The van der Waals surface area contributed by atoms with Crippen LogP contribution in [0.25, 0.3) is 0 Å². The van der Waals surface area contributed by atoms with Gasteiger partial charge in [-0.1, -0.05) is 5.16 Å². The van der Waals surface area contributed by atoms with Gasteiger partial charge < -0.3 is 41.4 Å². The number of rotatable bonds is 15. The number of benzene rings is 2. The third-order valence-corrected chi connectivity index (χ3v) is 14.7. The molecule has 29 heteroatoms. The molecule has 0 radical (unpaired) electrons. The normalized spacial score (nSPS) is 18.8. The van der Waals surface area contributed by atoms with Gasteiger partial charge in [0.2, 0.25) is 25.8 Å². The van der Waals surface area contributed by atoms with Crippen LogP contribution < -0.4 is 21.3 Å². The van der Waals surface area contributed by atoms with E-state index in [1.807, 2.05) is 0 Å². The molecule has 5 heterocycles. The second-order valence-corrected chi connectivity index (χ2v) is 19.7. The zero-order valence-corrected chi connectivity index (χ0v) is 35.1. The molecule has 4 aliphatic heterocycles. The molecule has 23 nitrogen and oxygen atoms in total. The number of amides is 2. The number of nitrogen functional groups attached to an aromatic ring is 1. The number of hydrogen-bond acceptors (Lipinski definition) is 22. The monoisotopic (exact) mass is 960 g/mol. The Morgan fingerprint density at radius 3 is 2.39 bits per heavy atom. The number of thioether (sulfide) groups is 2. The zero-order chi connectivity index (χ0) is 44.0. The van der Waals surface area contributed by atoms with E-state index in [0.717, 1.165) is 52.6 Å². The number of carbonyl (C=O) groups excluding carboxylic acids is 2. The summed E-state index contributed by atoms with van der Waals surface area (Å²) in [5.41, 5.74) is 8.79. The number of anilines is 1. The molecule has 0 unspecified atom stereocenters. The van der Waals surface area contributed by atoms with Crippen molar-refractivity contribution in [2.75, 3.05) is 29.8 Å². The Morgan fingerprint density at radius 1 is 1.06 bits per heavy atom. The van der Waals surface area contributed by atoms with Gasteiger partial charge in [0.25, 0.3) is 11.8 Å². The molecular weight excluding hydrogens is 928 g/mol. The number of β-lactam (4-membered cyclic amide) rings is 1. The van der Waals surface area contributed by atoms with Crippen molar-refractivity contribution in [3.05, 3.63) is 81.9 Å². The minimum absolute atomic E-state index is 0. The zero-order valence-electron chi connectivity index (χ0n) is 31.0. The number of aliphatic carboxylic acids is 1. The summed E-state index contributed by atoms with van der Waals surface area (Å²) in [5, 5.41) is 59.0. The fourth-order valence-electron chi connectivity index (χ4n) is 5.89. The van der Waals surface area contributed by atoms with Gasteiger partial charge in [-0.25, -0.2) is 36.6 Å². The predicted molar refractivity (Wildman–Crippen MR) is 226 cm³/mol. The van der Waals surface area contributed by atoms with Crippen molar-refractivity contribution in [1.29, 1.82) is 0 Å². The first kappa shape index (κ1) is 46.5. The fourth-order valence-corrected chi connectivity index (χ4v) is 10.9. The fraction of sp³-hybridized carbons (Fsp3) is 0.212. The summed E-state index contributed by atoms with van der Waals surface area (Å²) in [6.45, 7) is 1.44. The number of aromatic nitrogens is 1. The van der Waals surface area contributed by atoms with Crippen molar-refractivity contribution in [2.45, 2.75) is 28.1 Å². The number of nitrogens with one attached hydrogen (secondary N) is 3. The first-order chi connectivity index (χ1) is 28.8. The van der Waals surface area contributed by atoms with Crippen molar-refractivity contribution < 1.29 is 61.6 Å². The Morgan fingerprint density at radius 2 is 1.74 bits per heavy atom. The second-order valence-electron chi connectivity index (χ2n) is 13.0. The maximum atomic E-state index is 13.6. The number of hydrazine groups is 2. The number of allylic oxidation sites excluding steroid dienone is 1. The number of fused-ring (bicyclic) bond motifs is 2. The number of oxime groups is 1. The molecule has 2 amide bonds. The summed E-state index contributed by atoms with van der Waals surface area (Å²) in [4.78, 5) is 53.6. The molecule has 62 heavy (non-hydrogen) atoms. The number of nitrogens with two attached hydrogens (primary N) is 1. The summed E-state index contributed by atoms with van der Waals surface area (Å²) in [6.07, 6.45) is 3.25. The molecule has 3 aromatic rings. The van der Waals surface area contributed by atoms with E-state index in [0.29, 0.717) is 22.1 Å². The quantitative estimate of drug-likeness (QED) is 0.0308. The van der Waals surface area contributed by atoms with Gasteiger partial charge in [0.05, 0.1) is 27.7 Å². The Balaban J connectivity index is 0.00000641. The Labute approximate surface area is 385 Å². The minimum atomic E-state index is -4.26. The first-order valence-electron chi connectivity index (χ1n) is 17.2. The topological polar surface area (TPSA) is 339 Å². The van der Waals surface area contributed by atoms with Crippen molar-refractivity contribution in [2.24, 2.45) is 10.1 Å². The SMILES string of the molecule is CC1=NC2=CN(CNS(=O)(=O)c3ccc(O)c(O)c3)NN2C(SCC2=C(C(=O)O)N3C(=O)[C@@H](NC(=O)C(=NOCS(=O)(=O)c4ccc(O)c(O)c4)c4csc(N)n4)[C@H]3SC2)=C1.[NaH]. The number of phenolic OH excluding ortho intramolecular Hbond substituents is 4. The van der Waals surface area contributed by atoms with Crippen LogP contribution in [0.15, 0.2) is 96.1 Å². The van der Waals surface area contributed by atoms with Crippen LogP contribution in [-0.2, 0) is 39.1 Å². The number of carbonyl (C=O) groups is 3. The van der Waals surface area contributed by atoms with Crippen molar-refractivity contribution in [3.63, 3.8) is 0 Å². The number of thiazole rings is 1. The van der Waals surface area contributed by atoms with Crippen LogP contribution in [0.5, 0.6) is 23.0 Å². The molecule has 4 aliphatic rings. The molecule has 0 bridgehead atoms. The number of sulfone groups is 1. The van der Waals surface area contributed by atoms with Gasteiger partial charge in [0.15, 0.2) is 39.7 Å². The molecular formula is C33H33N10NaO13S5. The predicted octanol–water partition coefficient (Wildman–Crippen LogP) is -0.389. The van der Waals surface area contributed by atoms with Gasteiger partial charge in [0, 0.05) is 34.7 Å². The number of aromatic hydroxyl groups is 4. The van der Waals surface area contributed by atoms with Gasteiger partial charge in [-0.2, -0.15) is 4.72 Å². The average Bonchev–Trinajstić information content (AvgIpc) is 3.83. The molecule has 1 saturated heterocycles. The van der Waals surface area contributed by atoms with Crippen LogP contribution >= 0.6 is 34.9 Å². The summed E-state index contributed by atoms with van der Waals surface area (Å²) < 4.78 is 53.6. The second kappa shape index (κ2) is 18.4. The van der Waals surface area contributed by atoms with E-state index in [9.17, 15) is 56.8 Å². The van der Waals surface area contributed by atoms with Gasteiger partial charge in [-0.05, 0) is 42.8 Å².